The SMILES string of the molecule is O=C1SC(c2ccc(Cl)cc2)=S=C1c1ccccc1. The molecule has 1 aliphatic rings. The van der Waals surface area contributed by atoms with Gasteiger partial charge in [-0.25, -0.2) is 0 Å². The predicted molar refractivity (Wildman–Crippen MR) is 86.3 cm³/mol. The van der Waals surface area contributed by atoms with Crippen molar-refractivity contribution in [2.75, 3.05) is 0 Å². The molecule has 19 heavy (non-hydrogen) atoms. The predicted octanol–water partition coefficient (Wildman–Crippen LogP) is 4.05. The first-order chi connectivity index (χ1) is 9.24. The van der Waals surface area contributed by atoms with E-state index >= 15 is 0 Å². The topological polar surface area (TPSA) is 17.1 Å². The normalized spacial score (nSPS) is 14.7. The van der Waals surface area contributed by atoms with Crippen LogP contribution < -0.4 is 0 Å². The number of rotatable bonds is 2. The van der Waals surface area contributed by atoms with Gasteiger partial charge in [-0.1, -0.05) is 54.1 Å². The number of benzene rings is 2. The van der Waals surface area contributed by atoms with Gasteiger partial charge >= 0.3 is 0 Å². The third-order valence-corrected chi connectivity index (χ3v) is 5.42. The van der Waals surface area contributed by atoms with Gasteiger partial charge in [-0.05, 0) is 35.0 Å². The summed E-state index contributed by atoms with van der Waals surface area (Å²) in [4.78, 5) is 12.9. The molecule has 0 radical (unpaired) electrons. The second-order valence-electron chi connectivity index (χ2n) is 3.98. The van der Waals surface area contributed by atoms with Gasteiger partial charge in [0.1, 0.15) is 0 Å². The molecule has 2 aromatic rings. The van der Waals surface area contributed by atoms with Crippen molar-refractivity contribution in [3.8, 4) is 0 Å². The molecule has 0 amide bonds. The highest BCUT2D eigenvalue weighted by molar-refractivity contribution is 8.41. The third-order valence-electron chi connectivity index (χ3n) is 2.68. The molecule has 0 saturated heterocycles. The van der Waals surface area contributed by atoms with Crippen LogP contribution in [-0.2, 0) is 4.79 Å². The van der Waals surface area contributed by atoms with Gasteiger partial charge in [0, 0.05) is 5.02 Å². The van der Waals surface area contributed by atoms with Gasteiger partial charge in [0.25, 0.3) is 0 Å². The number of hydrogen-bond acceptors (Lipinski definition) is 2. The summed E-state index contributed by atoms with van der Waals surface area (Å²) in [5.74, 6) is 0. The molecule has 0 fully saturated rings. The van der Waals surface area contributed by atoms with Gasteiger partial charge in [0.15, 0.2) is 0 Å². The highest BCUT2D eigenvalue weighted by atomic mass is 35.5. The maximum absolute atomic E-state index is 12.1. The van der Waals surface area contributed by atoms with Gasteiger partial charge in [0.05, 0.1) is 9.06 Å². The first-order valence-electron chi connectivity index (χ1n) is 5.69. The first kappa shape index (κ1) is 12.7. The summed E-state index contributed by atoms with van der Waals surface area (Å²) in [6, 6.07) is 17.3. The lowest BCUT2D eigenvalue weighted by Crippen LogP contribution is -2.06. The van der Waals surface area contributed by atoms with Crippen LogP contribution in [0.5, 0.6) is 0 Å². The summed E-state index contributed by atoms with van der Waals surface area (Å²) in [5.41, 5.74) is 2.02. The van der Waals surface area contributed by atoms with Crippen molar-refractivity contribution >= 4 is 48.5 Å². The quantitative estimate of drug-likeness (QED) is 0.779. The fraction of sp³-hybridized carbons (Fsp3) is 0. The van der Waals surface area contributed by atoms with Gasteiger partial charge in [-0.3, -0.25) is 4.79 Å². The lowest BCUT2D eigenvalue weighted by molar-refractivity contribution is -0.105. The Kier molecular flexibility index (Phi) is 3.60. The van der Waals surface area contributed by atoms with Crippen LogP contribution in [0.3, 0.4) is 0 Å². The van der Waals surface area contributed by atoms with Crippen molar-refractivity contribution in [1.82, 2.24) is 0 Å². The lowest BCUT2D eigenvalue weighted by Gasteiger charge is -1.99. The molecule has 4 heteroatoms. The van der Waals surface area contributed by atoms with E-state index in [1.165, 1.54) is 22.7 Å². The van der Waals surface area contributed by atoms with Gasteiger partial charge in [-0.2, -0.15) is 0 Å². The molecule has 0 atom stereocenters. The summed E-state index contributed by atoms with van der Waals surface area (Å²) in [6.45, 7) is 0. The molecule has 3 rings (SSSR count). The lowest BCUT2D eigenvalue weighted by atomic mass is 10.2. The van der Waals surface area contributed by atoms with Crippen molar-refractivity contribution in [2.45, 2.75) is 0 Å². The molecule has 0 bridgehead atoms. The zero-order valence-corrected chi connectivity index (χ0v) is 12.2. The molecule has 0 aromatic heterocycles. The van der Waals surface area contributed by atoms with Crippen LogP contribution in [0, 0.1) is 0 Å². The van der Waals surface area contributed by atoms with E-state index in [9.17, 15) is 4.79 Å². The minimum Gasteiger partial charge on any atom is -0.280 e. The Hall–Kier alpha value is -1.29. The van der Waals surface area contributed by atoms with E-state index in [0.29, 0.717) is 5.02 Å². The zero-order chi connectivity index (χ0) is 13.2. The van der Waals surface area contributed by atoms with Crippen molar-refractivity contribution < 1.29 is 4.79 Å². The molecule has 2 aromatic carbocycles. The molecule has 0 saturated carbocycles. The van der Waals surface area contributed by atoms with Crippen molar-refractivity contribution in [2.24, 2.45) is 0 Å². The standard InChI is InChI=1S/C15H9ClOS2/c16-12-8-6-11(7-9-12)15-18-13(14(17)19-15)10-4-2-1-3-5-10/h1-9H. The van der Waals surface area contributed by atoms with Crippen molar-refractivity contribution in [3.63, 3.8) is 0 Å². The van der Waals surface area contributed by atoms with Crippen LogP contribution in [0.4, 0.5) is 0 Å². The fourth-order valence-electron chi connectivity index (χ4n) is 1.76. The number of carbonyl (C=O) groups excluding carboxylic acids is 1. The van der Waals surface area contributed by atoms with Crippen LogP contribution in [0.1, 0.15) is 11.1 Å². The summed E-state index contributed by atoms with van der Waals surface area (Å²) in [7, 11) is 1.53. The Morgan fingerprint density at radius 3 is 2.21 bits per heavy atom. The molecule has 0 aliphatic carbocycles. The number of hydrogen-bond donors (Lipinski definition) is 0. The molecule has 0 N–H and O–H groups in total. The minimum absolute atomic E-state index is 0.112. The van der Waals surface area contributed by atoms with Gasteiger partial charge < -0.3 is 0 Å². The molecular weight excluding hydrogens is 296 g/mol. The first-order valence-corrected chi connectivity index (χ1v) is 7.70. The molecule has 1 aliphatic heterocycles. The van der Waals surface area contributed by atoms with Crippen LogP contribution in [0.25, 0.3) is 0 Å². The van der Waals surface area contributed by atoms with E-state index in [2.05, 4.69) is 0 Å². The zero-order valence-electron chi connectivity index (χ0n) is 9.80. The van der Waals surface area contributed by atoms with Crippen LogP contribution >= 0.6 is 34.3 Å². The van der Waals surface area contributed by atoms with Crippen molar-refractivity contribution in [3.05, 3.63) is 70.7 Å². The summed E-state index contributed by atoms with van der Waals surface area (Å²) >= 11 is 7.16. The van der Waals surface area contributed by atoms with Crippen molar-refractivity contribution in [1.29, 1.82) is 0 Å². The summed E-state index contributed by atoms with van der Waals surface area (Å²) in [5, 5.41) is 0.817. The smallest absolute Gasteiger partial charge is 0.235 e. The number of halogens is 1. The molecule has 0 unspecified atom stereocenters. The highest BCUT2D eigenvalue weighted by Gasteiger charge is 2.21. The maximum Gasteiger partial charge on any atom is 0.235 e. The second-order valence-corrected chi connectivity index (χ2v) is 6.68. The summed E-state index contributed by atoms with van der Waals surface area (Å²) < 4.78 is 1.01. The van der Waals surface area contributed by atoms with E-state index in [4.69, 9.17) is 11.6 Å². The van der Waals surface area contributed by atoms with E-state index in [-0.39, 0.29) is 5.12 Å². The largest absolute Gasteiger partial charge is 0.280 e. The Balaban J connectivity index is 2.06. The minimum atomic E-state index is 0.112. The molecule has 0 spiro atoms. The van der Waals surface area contributed by atoms with E-state index in [1.54, 1.807) is 0 Å². The molecule has 94 valence electrons. The average Bonchev–Trinajstić information content (AvgIpc) is 2.83. The van der Waals surface area contributed by atoms with Crippen LogP contribution in [0.15, 0.2) is 54.6 Å². The van der Waals surface area contributed by atoms with E-state index in [1.807, 2.05) is 54.6 Å². The van der Waals surface area contributed by atoms with Gasteiger partial charge in [-0.15, -0.1) is 10.9 Å². The van der Waals surface area contributed by atoms with Crippen LogP contribution in [-0.4, -0.2) is 14.2 Å². The second kappa shape index (κ2) is 5.37. The number of thioether (sulfide) groups is 1. The Morgan fingerprint density at radius 2 is 1.53 bits per heavy atom. The maximum atomic E-state index is 12.1. The molecular formula is C15H9ClOS2. The third kappa shape index (κ3) is 2.68. The molecule has 1 heterocycles. The fourth-order valence-corrected chi connectivity index (χ4v) is 4.19. The van der Waals surface area contributed by atoms with E-state index < -0.39 is 0 Å². The monoisotopic (exact) mass is 304 g/mol. The average molecular weight is 305 g/mol. The highest BCUT2D eigenvalue weighted by Crippen LogP contribution is 2.26. The van der Waals surface area contributed by atoms with E-state index in [0.717, 1.165) is 20.2 Å². The number of carbonyl (C=O) groups is 1. The van der Waals surface area contributed by atoms with Gasteiger partial charge in [0.2, 0.25) is 5.12 Å². The Morgan fingerprint density at radius 1 is 0.842 bits per heavy atom. The summed E-state index contributed by atoms with van der Waals surface area (Å²) in [6.07, 6.45) is 0. The Labute approximate surface area is 124 Å². The Bertz CT molecular complexity index is 699. The molecule has 1 nitrogen and oxygen atoms in total. The van der Waals surface area contributed by atoms with Crippen LogP contribution in [0.2, 0.25) is 5.02 Å².